The van der Waals surface area contributed by atoms with E-state index >= 15 is 0 Å². The number of aromatic nitrogens is 2. The Morgan fingerprint density at radius 2 is 2.00 bits per heavy atom. The Balaban J connectivity index is 2.08. The molecule has 0 amide bonds. The lowest BCUT2D eigenvalue weighted by Gasteiger charge is -1.99. The fraction of sp³-hybridized carbons (Fsp3) is 0. The zero-order valence-corrected chi connectivity index (χ0v) is 11.0. The van der Waals surface area contributed by atoms with Crippen LogP contribution in [0.4, 0.5) is 5.82 Å². The SMILES string of the molecule is N/C(=N/OC(=O)c1ccc(Br)cc1)c1nonc1N. The van der Waals surface area contributed by atoms with E-state index in [0.29, 0.717) is 5.56 Å². The topological polar surface area (TPSA) is 130 Å². The van der Waals surface area contributed by atoms with E-state index < -0.39 is 5.97 Å². The minimum atomic E-state index is -0.662. The summed E-state index contributed by atoms with van der Waals surface area (Å²) in [6.07, 6.45) is 0. The Morgan fingerprint density at radius 1 is 1.32 bits per heavy atom. The maximum atomic E-state index is 11.6. The molecule has 2 rings (SSSR count). The molecule has 19 heavy (non-hydrogen) atoms. The van der Waals surface area contributed by atoms with Crippen LogP contribution in [0.15, 0.2) is 38.5 Å². The van der Waals surface area contributed by atoms with Crippen LogP contribution in [0.1, 0.15) is 16.1 Å². The summed E-state index contributed by atoms with van der Waals surface area (Å²) in [6, 6.07) is 6.54. The van der Waals surface area contributed by atoms with Gasteiger partial charge in [0.15, 0.2) is 17.3 Å². The number of nitrogens with two attached hydrogens (primary N) is 2. The highest BCUT2D eigenvalue weighted by molar-refractivity contribution is 9.10. The number of halogens is 1. The number of nitrogens with zero attached hydrogens (tertiary/aromatic N) is 3. The summed E-state index contributed by atoms with van der Waals surface area (Å²) in [7, 11) is 0. The second-order valence-corrected chi connectivity index (χ2v) is 4.28. The predicted octanol–water partition coefficient (Wildman–Crippen LogP) is 0.892. The average molecular weight is 326 g/mol. The van der Waals surface area contributed by atoms with Gasteiger partial charge in [0.05, 0.1) is 5.56 Å². The van der Waals surface area contributed by atoms with Gasteiger partial charge in [0.1, 0.15) is 0 Å². The standard InChI is InChI=1S/C10H8BrN5O3/c11-6-3-1-5(2-4-6)10(17)18-15-8(12)7-9(13)16-19-14-7/h1-4H,(H2,12,15)(H2,13,16). The zero-order chi connectivity index (χ0) is 13.8. The smallest absolute Gasteiger partial charge is 0.365 e. The molecule has 0 atom stereocenters. The van der Waals surface area contributed by atoms with E-state index in [9.17, 15) is 4.79 Å². The Hall–Kier alpha value is -2.42. The first-order valence-corrected chi connectivity index (χ1v) is 5.76. The normalized spacial score (nSPS) is 11.3. The number of anilines is 1. The van der Waals surface area contributed by atoms with Crippen LogP contribution in [0, 0.1) is 0 Å². The summed E-state index contributed by atoms with van der Waals surface area (Å²) in [5.74, 6) is -0.907. The minimum Gasteiger partial charge on any atom is -0.379 e. The van der Waals surface area contributed by atoms with Crippen molar-refractivity contribution in [3.05, 3.63) is 40.0 Å². The minimum absolute atomic E-state index is 0.0172. The highest BCUT2D eigenvalue weighted by Gasteiger charge is 2.13. The van der Waals surface area contributed by atoms with Gasteiger partial charge in [0.2, 0.25) is 0 Å². The molecule has 0 saturated heterocycles. The third-order valence-corrected chi connectivity index (χ3v) is 2.59. The van der Waals surface area contributed by atoms with Crippen LogP contribution < -0.4 is 11.5 Å². The molecule has 9 heteroatoms. The van der Waals surface area contributed by atoms with Gasteiger partial charge in [-0.25, -0.2) is 9.42 Å². The molecule has 0 fully saturated rings. The molecule has 2 aromatic rings. The Bertz CT molecular complexity index is 622. The molecule has 4 N–H and O–H groups in total. The molecular weight excluding hydrogens is 318 g/mol. The van der Waals surface area contributed by atoms with Crippen LogP contribution in [0.5, 0.6) is 0 Å². The molecule has 0 aliphatic rings. The van der Waals surface area contributed by atoms with Gasteiger partial charge in [0.25, 0.3) is 0 Å². The number of nitrogen functional groups attached to an aromatic ring is 1. The number of oxime groups is 1. The van der Waals surface area contributed by atoms with Gasteiger partial charge in [-0.05, 0) is 34.6 Å². The van der Waals surface area contributed by atoms with Gasteiger partial charge in [-0.3, -0.25) is 0 Å². The van der Waals surface area contributed by atoms with Crippen LogP contribution in [-0.4, -0.2) is 22.1 Å². The molecule has 8 nitrogen and oxygen atoms in total. The van der Waals surface area contributed by atoms with Crippen LogP contribution in [-0.2, 0) is 4.84 Å². The summed E-state index contributed by atoms with van der Waals surface area (Å²) in [4.78, 5) is 16.3. The molecule has 0 radical (unpaired) electrons. The Labute approximate surface area is 115 Å². The first-order valence-electron chi connectivity index (χ1n) is 4.96. The van der Waals surface area contributed by atoms with E-state index in [1.807, 2.05) is 0 Å². The van der Waals surface area contributed by atoms with Crippen molar-refractivity contribution >= 4 is 33.6 Å². The first-order chi connectivity index (χ1) is 9.08. The molecule has 1 heterocycles. The maximum Gasteiger partial charge on any atom is 0.365 e. The van der Waals surface area contributed by atoms with Crippen molar-refractivity contribution in [1.29, 1.82) is 0 Å². The number of hydrogen-bond acceptors (Lipinski definition) is 7. The number of carbonyl (C=O) groups excluding carboxylic acids is 1. The largest absolute Gasteiger partial charge is 0.379 e. The van der Waals surface area contributed by atoms with Gasteiger partial charge < -0.3 is 16.3 Å². The second kappa shape index (κ2) is 5.48. The van der Waals surface area contributed by atoms with E-state index in [-0.39, 0.29) is 17.3 Å². The quantitative estimate of drug-likeness (QED) is 0.371. The summed E-state index contributed by atoms with van der Waals surface area (Å²) in [6.45, 7) is 0. The molecule has 0 aliphatic heterocycles. The maximum absolute atomic E-state index is 11.6. The van der Waals surface area contributed by atoms with Crippen LogP contribution in [0.3, 0.4) is 0 Å². The second-order valence-electron chi connectivity index (χ2n) is 3.36. The molecular formula is C10H8BrN5O3. The van der Waals surface area contributed by atoms with Crippen molar-refractivity contribution in [2.45, 2.75) is 0 Å². The number of rotatable bonds is 3. The molecule has 0 saturated carbocycles. The van der Waals surface area contributed by atoms with E-state index in [2.05, 4.69) is 40.9 Å². The van der Waals surface area contributed by atoms with Gasteiger partial charge in [0, 0.05) is 4.47 Å². The lowest BCUT2D eigenvalue weighted by Crippen LogP contribution is -2.17. The van der Waals surface area contributed by atoms with E-state index in [4.69, 9.17) is 11.5 Å². The molecule has 0 spiro atoms. The third-order valence-electron chi connectivity index (χ3n) is 2.06. The lowest BCUT2D eigenvalue weighted by atomic mass is 10.2. The fourth-order valence-corrected chi connectivity index (χ4v) is 1.41. The molecule has 0 bridgehead atoms. The summed E-state index contributed by atoms with van der Waals surface area (Å²) < 4.78 is 5.18. The third kappa shape index (κ3) is 3.07. The van der Waals surface area contributed by atoms with Crippen molar-refractivity contribution in [3.8, 4) is 0 Å². The van der Waals surface area contributed by atoms with Crippen molar-refractivity contribution in [1.82, 2.24) is 10.3 Å². The molecule has 0 aliphatic carbocycles. The highest BCUT2D eigenvalue weighted by atomic mass is 79.9. The monoisotopic (exact) mass is 325 g/mol. The van der Waals surface area contributed by atoms with Crippen molar-refractivity contribution < 1.29 is 14.3 Å². The van der Waals surface area contributed by atoms with Crippen molar-refractivity contribution in [2.24, 2.45) is 10.9 Å². The van der Waals surface area contributed by atoms with Crippen molar-refractivity contribution in [3.63, 3.8) is 0 Å². The van der Waals surface area contributed by atoms with Crippen LogP contribution in [0.25, 0.3) is 0 Å². The molecule has 1 aromatic carbocycles. The first kappa shape index (κ1) is 13.0. The van der Waals surface area contributed by atoms with Crippen molar-refractivity contribution in [2.75, 3.05) is 5.73 Å². The van der Waals surface area contributed by atoms with Crippen LogP contribution >= 0.6 is 15.9 Å². The average Bonchev–Trinajstić information content (AvgIpc) is 2.83. The molecule has 0 unspecified atom stereocenters. The van der Waals surface area contributed by atoms with E-state index in [1.54, 1.807) is 24.3 Å². The number of carbonyl (C=O) groups is 1. The Kier molecular flexibility index (Phi) is 3.76. The van der Waals surface area contributed by atoms with Crippen LogP contribution in [0.2, 0.25) is 0 Å². The lowest BCUT2D eigenvalue weighted by molar-refractivity contribution is 0.0516. The van der Waals surface area contributed by atoms with E-state index in [1.165, 1.54) is 0 Å². The zero-order valence-electron chi connectivity index (χ0n) is 9.41. The number of hydrogen-bond donors (Lipinski definition) is 2. The van der Waals surface area contributed by atoms with Gasteiger partial charge in [-0.15, -0.1) is 0 Å². The van der Waals surface area contributed by atoms with Gasteiger partial charge in [-0.1, -0.05) is 21.1 Å². The highest BCUT2D eigenvalue weighted by Crippen LogP contribution is 2.11. The summed E-state index contributed by atoms with van der Waals surface area (Å²) >= 11 is 3.25. The summed E-state index contributed by atoms with van der Waals surface area (Å²) in [5, 5.41) is 10.1. The summed E-state index contributed by atoms with van der Waals surface area (Å²) in [5.41, 5.74) is 11.3. The van der Waals surface area contributed by atoms with Gasteiger partial charge >= 0.3 is 5.97 Å². The molecule has 1 aromatic heterocycles. The van der Waals surface area contributed by atoms with E-state index in [0.717, 1.165) is 4.47 Å². The predicted molar refractivity (Wildman–Crippen MR) is 69.0 cm³/mol. The number of benzene rings is 1. The fourth-order valence-electron chi connectivity index (χ4n) is 1.15. The van der Waals surface area contributed by atoms with Gasteiger partial charge in [-0.2, -0.15) is 0 Å². The molecule has 98 valence electrons. The number of amidine groups is 1. The Morgan fingerprint density at radius 3 is 2.58 bits per heavy atom.